The normalized spacial score (nSPS) is 28.8. The second kappa shape index (κ2) is 5.36. The van der Waals surface area contributed by atoms with E-state index >= 15 is 0 Å². The van der Waals surface area contributed by atoms with E-state index in [1.807, 2.05) is 4.68 Å². The molecule has 5 heteroatoms. The highest BCUT2D eigenvalue weighted by Crippen LogP contribution is 2.32. The Bertz CT molecular complexity index is 391. The summed E-state index contributed by atoms with van der Waals surface area (Å²) in [5.41, 5.74) is -0.696. The first-order valence-electron chi connectivity index (χ1n) is 6.67. The van der Waals surface area contributed by atoms with Crippen LogP contribution in [-0.2, 0) is 11.2 Å². The highest BCUT2D eigenvalue weighted by Gasteiger charge is 2.36. The number of hydrogen-bond acceptors (Lipinski definition) is 4. The molecule has 1 N–H and O–H groups in total. The monoisotopic (exact) mass is 253 g/mol. The van der Waals surface area contributed by atoms with Gasteiger partial charge >= 0.3 is 0 Å². The maximum absolute atomic E-state index is 10.7. The van der Waals surface area contributed by atoms with Gasteiger partial charge in [-0.15, -0.1) is 0 Å². The lowest BCUT2D eigenvalue weighted by atomic mass is 9.80. The Morgan fingerprint density at radius 1 is 1.61 bits per heavy atom. The van der Waals surface area contributed by atoms with E-state index in [4.69, 9.17) is 4.74 Å². The Morgan fingerprint density at radius 3 is 3.06 bits per heavy atom. The zero-order valence-corrected chi connectivity index (χ0v) is 11.5. The van der Waals surface area contributed by atoms with Crippen molar-refractivity contribution in [2.24, 2.45) is 0 Å². The second-order valence-corrected chi connectivity index (χ2v) is 5.57. The van der Waals surface area contributed by atoms with Crippen LogP contribution in [0, 0.1) is 0 Å². The van der Waals surface area contributed by atoms with Gasteiger partial charge in [-0.2, -0.15) is 5.10 Å². The van der Waals surface area contributed by atoms with E-state index in [-0.39, 0.29) is 12.1 Å². The maximum Gasteiger partial charge on any atom is 0.138 e. The summed E-state index contributed by atoms with van der Waals surface area (Å²) in [5.74, 6) is 0.865. The minimum Gasteiger partial charge on any atom is -0.389 e. The molecule has 2 unspecified atom stereocenters. The van der Waals surface area contributed by atoms with Gasteiger partial charge in [0.1, 0.15) is 12.2 Å². The Morgan fingerprint density at radius 2 is 2.39 bits per heavy atom. The summed E-state index contributed by atoms with van der Waals surface area (Å²) in [6.07, 6.45) is 5.84. The van der Waals surface area contributed by atoms with Gasteiger partial charge in [0.25, 0.3) is 0 Å². The highest BCUT2D eigenvalue weighted by atomic mass is 16.5. The molecule has 0 radical (unpaired) electrons. The third kappa shape index (κ3) is 2.90. The Kier molecular flexibility index (Phi) is 4.02. The standard InChI is InChI=1S/C13H23N3O2/c1-10(2)16-12(14-9-15-16)8-13(17)6-4-5-11(7-13)18-3/h9-11,17H,4-8H2,1-3H3. The largest absolute Gasteiger partial charge is 0.389 e. The quantitative estimate of drug-likeness (QED) is 0.887. The van der Waals surface area contributed by atoms with Crippen molar-refractivity contribution in [3.63, 3.8) is 0 Å². The van der Waals surface area contributed by atoms with Crippen LogP contribution in [0.25, 0.3) is 0 Å². The fourth-order valence-corrected chi connectivity index (χ4v) is 2.77. The third-order valence-electron chi connectivity index (χ3n) is 3.73. The number of aromatic nitrogens is 3. The molecule has 0 aliphatic heterocycles. The average Bonchev–Trinajstić information content (AvgIpc) is 2.76. The molecule has 0 amide bonds. The highest BCUT2D eigenvalue weighted by molar-refractivity contribution is 4.98. The predicted octanol–water partition coefficient (Wildman–Crippen LogP) is 1.72. The Labute approximate surface area is 108 Å². The van der Waals surface area contributed by atoms with Crippen molar-refractivity contribution in [2.75, 3.05) is 7.11 Å². The van der Waals surface area contributed by atoms with Crippen LogP contribution >= 0.6 is 0 Å². The van der Waals surface area contributed by atoms with Gasteiger partial charge in [0.15, 0.2) is 0 Å². The van der Waals surface area contributed by atoms with E-state index in [1.165, 1.54) is 0 Å². The summed E-state index contributed by atoms with van der Waals surface area (Å²) in [5, 5.41) is 14.9. The molecule has 18 heavy (non-hydrogen) atoms. The van der Waals surface area contributed by atoms with Crippen LogP contribution in [0.2, 0.25) is 0 Å². The van der Waals surface area contributed by atoms with Gasteiger partial charge in [0.2, 0.25) is 0 Å². The lowest BCUT2D eigenvalue weighted by molar-refractivity contribution is -0.0597. The molecular formula is C13H23N3O2. The summed E-state index contributed by atoms with van der Waals surface area (Å²) in [7, 11) is 1.72. The first-order chi connectivity index (χ1) is 8.54. The first-order valence-corrected chi connectivity index (χ1v) is 6.67. The molecule has 0 saturated heterocycles. The molecule has 1 aliphatic rings. The summed E-state index contributed by atoms with van der Waals surface area (Å²) in [4.78, 5) is 4.28. The molecule has 0 aromatic carbocycles. The number of rotatable bonds is 4. The van der Waals surface area contributed by atoms with Gasteiger partial charge in [-0.25, -0.2) is 9.67 Å². The lowest BCUT2D eigenvalue weighted by Gasteiger charge is -2.36. The molecule has 2 rings (SSSR count). The Hall–Kier alpha value is -0.940. The smallest absolute Gasteiger partial charge is 0.138 e. The zero-order chi connectivity index (χ0) is 13.2. The van der Waals surface area contributed by atoms with Crippen LogP contribution in [0.15, 0.2) is 6.33 Å². The summed E-state index contributed by atoms with van der Waals surface area (Å²) in [6, 6.07) is 0.271. The van der Waals surface area contributed by atoms with Gasteiger partial charge in [0, 0.05) is 26.0 Å². The minimum absolute atomic E-state index is 0.166. The number of hydrogen-bond donors (Lipinski definition) is 1. The van der Waals surface area contributed by atoms with Crippen LogP contribution in [0.3, 0.4) is 0 Å². The van der Waals surface area contributed by atoms with Gasteiger partial charge in [0.05, 0.1) is 11.7 Å². The van der Waals surface area contributed by atoms with Crippen molar-refractivity contribution in [3.8, 4) is 0 Å². The molecule has 1 aliphatic carbocycles. The fourth-order valence-electron chi connectivity index (χ4n) is 2.77. The van der Waals surface area contributed by atoms with Crippen LogP contribution in [0.4, 0.5) is 0 Å². The first kappa shape index (κ1) is 13.5. The molecule has 1 aromatic heterocycles. The van der Waals surface area contributed by atoms with Crippen molar-refractivity contribution in [1.82, 2.24) is 14.8 Å². The van der Waals surface area contributed by atoms with E-state index in [0.29, 0.717) is 12.8 Å². The lowest BCUT2D eigenvalue weighted by Crippen LogP contribution is -2.41. The van der Waals surface area contributed by atoms with Gasteiger partial charge < -0.3 is 9.84 Å². The molecule has 0 bridgehead atoms. The van der Waals surface area contributed by atoms with E-state index in [9.17, 15) is 5.11 Å². The van der Waals surface area contributed by atoms with Crippen LogP contribution in [0.5, 0.6) is 0 Å². The second-order valence-electron chi connectivity index (χ2n) is 5.57. The summed E-state index contributed by atoms with van der Waals surface area (Å²) < 4.78 is 7.26. The minimum atomic E-state index is -0.696. The SMILES string of the molecule is COC1CCCC(O)(Cc2ncnn2C(C)C)C1. The molecule has 1 heterocycles. The van der Waals surface area contributed by atoms with E-state index < -0.39 is 5.60 Å². The molecule has 1 saturated carbocycles. The van der Waals surface area contributed by atoms with Crippen LogP contribution in [0.1, 0.15) is 51.4 Å². The van der Waals surface area contributed by atoms with E-state index in [1.54, 1.807) is 13.4 Å². The van der Waals surface area contributed by atoms with Gasteiger partial charge in [-0.05, 0) is 33.1 Å². The van der Waals surface area contributed by atoms with Crippen molar-refractivity contribution >= 4 is 0 Å². The molecular weight excluding hydrogens is 230 g/mol. The molecule has 2 atom stereocenters. The van der Waals surface area contributed by atoms with Crippen molar-refractivity contribution in [3.05, 3.63) is 12.2 Å². The average molecular weight is 253 g/mol. The predicted molar refractivity (Wildman–Crippen MR) is 68.3 cm³/mol. The molecule has 102 valence electrons. The van der Waals surface area contributed by atoms with E-state index in [0.717, 1.165) is 25.1 Å². The molecule has 1 aromatic rings. The molecule has 5 nitrogen and oxygen atoms in total. The van der Waals surface area contributed by atoms with Crippen LogP contribution in [-0.4, -0.2) is 38.7 Å². The third-order valence-corrected chi connectivity index (χ3v) is 3.73. The van der Waals surface area contributed by atoms with Crippen molar-refractivity contribution in [2.45, 2.75) is 63.7 Å². The molecule has 0 spiro atoms. The van der Waals surface area contributed by atoms with Crippen LogP contribution < -0.4 is 0 Å². The number of methoxy groups -OCH3 is 1. The fraction of sp³-hybridized carbons (Fsp3) is 0.846. The van der Waals surface area contributed by atoms with Crippen molar-refractivity contribution in [1.29, 1.82) is 0 Å². The number of nitrogens with zero attached hydrogens (tertiary/aromatic N) is 3. The molecule has 1 fully saturated rings. The zero-order valence-electron chi connectivity index (χ0n) is 11.5. The summed E-state index contributed by atoms with van der Waals surface area (Å²) >= 11 is 0. The number of aliphatic hydroxyl groups is 1. The topological polar surface area (TPSA) is 60.2 Å². The Balaban J connectivity index is 2.09. The van der Waals surface area contributed by atoms with Crippen molar-refractivity contribution < 1.29 is 9.84 Å². The maximum atomic E-state index is 10.7. The van der Waals surface area contributed by atoms with Gasteiger partial charge in [-0.3, -0.25) is 0 Å². The van der Waals surface area contributed by atoms with Gasteiger partial charge in [-0.1, -0.05) is 0 Å². The van der Waals surface area contributed by atoms with E-state index in [2.05, 4.69) is 23.9 Å². The summed E-state index contributed by atoms with van der Waals surface area (Å²) in [6.45, 7) is 4.14. The number of ether oxygens (including phenoxy) is 1.